The maximum absolute atomic E-state index is 13.2. The number of halogens is 10. The van der Waals surface area contributed by atoms with Gasteiger partial charge >= 0.3 is 30.1 Å². The zero-order valence-corrected chi connectivity index (χ0v) is 11.8. The fraction of sp³-hybridized carbons (Fsp3) is 0.364. The SMILES string of the molecule is O=C(Nc1ccc([NH+]([O-])O)cc1C(F)(F)F)C(F)(F)C(F)(F)C(F)(F)F. The molecule has 1 aromatic carbocycles. The first kappa shape index (κ1) is 21.9. The Hall–Kier alpha value is -2.13. The van der Waals surface area contributed by atoms with Crippen LogP contribution < -0.4 is 10.5 Å². The highest BCUT2D eigenvalue weighted by molar-refractivity contribution is 5.97. The predicted octanol–water partition coefficient (Wildman–Crippen LogP) is 2.88. The van der Waals surface area contributed by atoms with E-state index in [2.05, 4.69) is 0 Å². The highest BCUT2D eigenvalue weighted by Gasteiger charge is 2.76. The summed E-state index contributed by atoms with van der Waals surface area (Å²) in [5.41, 5.74) is -4.69. The van der Waals surface area contributed by atoms with Gasteiger partial charge in [-0.05, 0) is 6.07 Å². The number of quaternary nitrogens is 1. The molecule has 1 amide bonds. The number of hydrogen-bond acceptors (Lipinski definition) is 3. The molecule has 3 N–H and O–H groups in total. The van der Waals surface area contributed by atoms with E-state index in [1.165, 1.54) is 0 Å². The second-order valence-corrected chi connectivity index (χ2v) is 4.66. The minimum absolute atomic E-state index is 0.117. The van der Waals surface area contributed by atoms with E-state index >= 15 is 0 Å². The monoisotopic (exact) mass is 404 g/mol. The summed E-state index contributed by atoms with van der Waals surface area (Å²) >= 11 is 0. The number of hydrogen-bond donors (Lipinski definition) is 3. The number of anilines is 1. The van der Waals surface area contributed by atoms with Crippen molar-refractivity contribution < 1.29 is 59.1 Å². The lowest BCUT2D eigenvalue weighted by Gasteiger charge is -2.27. The summed E-state index contributed by atoms with van der Waals surface area (Å²) in [6.07, 6.45) is -12.3. The second-order valence-electron chi connectivity index (χ2n) is 4.66. The highest BCUT2D eigenvalue weighted by atomic mass is 19.4. The molecule has 0 aromatic heterocycles. The molecule has 0 aliphatic rings. The van der Waals surface area contributed by atoms with Crippen molar-refractivity contribution in [3.8, 4) is 0 Å². The van der Waals surface area contributed by atoms with Gasteiger partial charge in [0.15, 0.2) is 5.69 Å². The van der Waals surface area contributed by atoms with Gasteiger partial charge in [-0.2, -0.15) is 49.1 Å². The molecule has 0 heterocycles. The lowest BCUT2D eigenvalue weighted by molar-refractivity contribution is -0.991. The lowest BCUT2D eigenvalue weighted by atomic mass is 10.1. The Bertz CT molecular complexity index is 684. The van der Waals surface area contributed by atoms with Gasteiger partial charge in [0.05, 0.1) is 11.3 Å². The van der Waals surface area contributed by atoms with Crippen LogP contribution in [0.5, 0.6) is 0 Å². The Balaban J connectivity index is 3.33. The van der Waals surface area contributed by atoms with Crippen LogP contribution in [0.25, 0.3) is 0 Å². The minimum Gasteiger partial charge on any atom is -0.595 e. The van der Waals surface area contributed by atoms with Crippen molar-refractivity contribution in [2.75, 3.05) is 5.32 Å². The van der Waals surface area contributed by atoms with Gasteiger partial charge in [0.1, 0.15) is 0 Å². The summed E-state index contributed by atoms with van der Waals surface area (Å²) in [7, 11) is 0. The summed E-state index contributed by atoms with van der Waals surface area (Å²) in [6, 6.07) is 0.372. The summed E-state index contributed by atoms with van der Waals surface area (Å²) in [4.78, 5) is 11.1. The third-order valence-corrected chi connectivity index (χ3v) is 2.86. The third kappa shape index (κ3) is 3.99. The van der Waals surface area contributed by atoms with Crippen LogP contribution in [0.3, 0.4) is 0 Å². The van der Waals surface area contributed by atoms with Crippen LogP contribution in [0, 0.1) is 5.21 Å². The fourth-order valence-electron chi connectivity index (χ4n) is 1.54. The Morgan fingerprint density at radius 2 is 1.50 bits per heavy atom. The standard InChI is InChI=1S/C11H6F10N2O3/c12-8(13,10(17,18)11(19,20)21)7(24)22-6-2-1-4(23(25)26)3-5(6)9(14,15)16/h1-3,23,25H,(H,22,24). The van der Waals surface area contributed by atoms with E-state index in [0.717, 1.165) is 0 Å². The zero-order chi connectivity index (χ0) is 20.7. The third-order valence-electron chi connectivity index (χ3n) is 2.86. The van der Waals surface area contributed by atoms with E-state index in [9.17, 15) is 53.9 Å². The Kier molecular flexibility index (Phi) is 5.52. The number of amides is 1. The van der Waals surface area contributed by atoms with Gasteiger partial charge in [0, 0.05) is 12.1 Å². The maximum atomic E-state index is 13.2. The first-order valence-corrected chi connectivity index (χ1v) is 6.01. The van der Waals surface area contributed by atoms with Crippen LogP contribution in [0.4, 0.5) is 55.3 Å². The van der Waals surface area contributed by atoms with Crippen molar-refractivity contribution in [3.63, 3.8) is 0 Å². The largest absolute Gasteiger partial charge is 0.595 e. The summed E-state index contributed by atoms with van der Waals surface area (Å²) < 4.78 is 126. The second kappa shape index (κ2) is 6.55. The van der Waals surface area contributed by atoms with E-state index in [4.69, 9.17) is 5.21 Å². The van der Waals surface area contributed by atoms with E-state index in [1.54, 1.807) is 0 Å². The summed E-state index contributed by atoms with van der Waals surface area (Å²) in [6.45, 7) is 0. The number of carbonyl (C=O) groups excluding carboxylic acids is 1. The molecule has 148 valence electrons. The van der Waals surface area contributed by atoms with Gasteiger partial charge in [0.2, 0.25) is 0 Å². The van der Waals surface area contributed by atoms with E-state index < -0.39 is 52.3 Å². The molecular formula is C11H6F10N2O3. The molecular weight excluding hydrogens is 398 g/mol. The minimum atomic E-state index is -6.87. The zero-order valence-electron chi connectivity index (χ0n) is 11.8. The molecule has 1 rings (SSSR count). The van der Waals surface area contributed by atoms with Crippen LogP contribution in [-0.4, -0.2) is 29.1 Å². The van der Waals surface area contributed by atoms with Gasteiger partial charge < -0.3 is 10.5 Å². The number of rotatable bonds is 4. The van der Waals surface area contributed by atoms with Gasteiger partial charge in [0.25, 0.3) is 0 Å². The average molecular weight is 404 g/mol. The molecule has 0 aliphatic heterocycles. The Labute approximate surface area is 136 Å². The van der Waals surface area contributed by atoms with Crippen LogP contribution in [-0.2, 0) is 11.0 Å². The number of carbonyl (C=O) groups is 1. The quantitative estimate of drug-likeness (QED) is 0.534. The number of nitrogens with one attached hydrogen (secondary N) is 2. The molecule has 1 unspecified atom stereocenters. The van der Waals surface area contributed by atoms with E-state index in [1.807, 2.05) is 0 Å². The molecule has 0 fully saturated rings. The first-order valence-electron chi connectivity index (χ1n) is 6.01. The van der Waals surface area contributed by atoms with Crippen molar-refractivity contribution in [2.24, 2.45) is 0 Å². The summed E-state index contributed by atoms with van der Waals surface area (Å²) in [5, 5.41) is 17.9. The van der Waals surface area contributed by atoms with Crippen molar-refractivity contribution >= 4 is 17.3 Å². The van der Waals surface area contributed by atoms with Crippen LogP contribution in [0.1, 0.15) is 5.56 Å². The molecule has 26 heavy (non-hydrogen) atoms. The smallest absolute Gasteiger partial charge is 0.460 e. The van der Waals surface area contributed by atoms with E-state index in [-0.39, 0.29) is 12.1 Å². The molecule has 0 aliphatic carbocycles. The first-order chi connectivity index (χ1) is 11.4. The van der Waals surface area contributed by atoms with Crippen LogP contribution >= 0.6 is 0 Å². The van der Waals surface area contributed by atoms with E-state index in [0.29, 0.717) is 11.4 Å². The average Bonchev–Trinajstić information content (AvgIpc) is 2.44. The highest BCUT2D eigenvalue weighted by Crippen LogP contribution is 2.47. The fourth-order valence-corrected chi connectivity index (χ4v) is 1.54. The Morgan fingerprint density at radius 1 is 1.00 bits per heavy atom. The van der Waals surface area contributed by atoms with Crippen LogP contribution in [0.2, 0.25) is 0 Å². The van der Waals surface area contributed by atoms with Gasteiger partial charge in [-0.1, -0.05) is 0 Å². The normalized spacial score (nSPS) is 14.9. The van der Waals surface area contributed by atoms with Crippen molar-refractivity contribution in [2.45, 2.75) is 24.2 Å². The topological polar surface area (TPSA) is 76.8 Å². The molecule has 0 bridgehead atoms. The number of alkyl halides is 10. The molecule has 1 atom stereocenters. The van der Waals surface area contributed by atoms with Gasteiger partial charge in [-0.15, -0.1) is 0 Å². The molecule has 1 aromatic rings. The molecule has 0 saturated heterocycles. The van der Waals surface area contributed by atoms with Crippen molar-refractivity contribution in [1.29, 1.82) is 0 Å². The molecule has 5 nitrogen and oxygen atoms in total. The molecule has 0 spiro atoms. The predicted molar refractivity (Wildman–Crippen MR) is 61.8 cm³/mol. The summed E-state index contributed by atoms with van der Waals surface area (Å²) in [5.74, 6) is -16.7. The van der Waals surface area contributed by atoms with Gasteiger partial charge in [-0.3, -0.25) is 4.79 Å². The molecule has 0 radical (unpaired) electrons. The molecule has 15 heteroatoms. The maximum Gasteiger partial charge on any atom is 0.460 e. The molecule has 0 saturated carbocycles. The van der Waals surface area contributed by atoms with Crippen molar-refractivity contribution in [1.82, 2.24) is 0 Å². The number of benzene rings is 1. The van der Waals surface area contributed by atoms with Crippen molar-refractivity contribution in [3.05, 3.63) is 29.0 Å². The Morgan fingerprint density at radius 3 is 1.88 bits per heavy atom. The van der Waals surface area contributed by atoms with Gasteiger partial charge in [-0.25, -0.2) is 5.21 Å². The lowest BCUT2D eigenvalue weighted by Crippen LogP contribution is -2.99. The van der Waals surface area contributed by atoms with Crippen LogP contribution in [0.15, 0.2) is 18.2 Å².